The van der Waals surface area contributed by atoms with E-state index in [2.05, 4.69) is 5.32 Å². The molecular weight excluding hydrogens is 281 g/mol. The van der Waals surface area contributed by atoms with Gasteiger partial charge in [0.2, 0.25) is 5.91 Å². The highest BCUT2D eigenvalue weighted by atomic mass is 19.4. The molecule has 0 spiro atoms. The maximum Gasteiger partial charge on any atom is 0.416 e. The molecule has 0 aromatic heterocycles. The van der Waals surface area contributed by atoms with Crippen LogP contribution >= 0.6 is 0 Å². The van der Waals surface area contributed by atoms with Crippen LogP contribution in [0, 0.1) is 0 Å². The van der Waals surface area contributed by atoms with Gasteiger partial charge in [-0.3, -0.25) is 4.79 Å². The van der Waals surface area contributed by atoms with E-state index < -0.39 is 11.7 Å². The first kappa shape index (κ1) is 15.8. The highest BCUT2D eigenvalue weighted by Gasteiger charge is 2.33. The second-order valence-electron chi connectivity index (χ2n) is 5.35. The van der Waals surface area contributed by atoms with Crippen LogP contribution in [0.4, 0.5) is 13.2 Å². The number of benzene rings is 1. The van der Waals surface area contributed by atoms with Crippen LogP contribution < -0.4 is 5.32 Å². The average Bonchev–Trinajstić information content (AvgIpc) is 2.47. The van der Waals surface area contributed by atoms with E-state index in [1.165, 1.54) is 17.0 Å². The van der Waals surface area contributed by atoms with Crippen molar-refractivity contribution >= 4 is 5.91 Å². The van der Waals surface area contributed by atoms with E-state index in [1.54, 1.807) is 13.1 Å². The summed E-state index contributed by atoms with van der Waals surface area (Å²) in [7, 11) is 1.55. The molecule has 1 heterocycles. The molecule has 1 fully saturated rings. The molecule has 116 valence electrons. The Hall–Kier alpha value is -1.56. The molecule has 1 aliphatic rings. The number of likely N-dealkylation sites (N-methyl/N-ethyl adjacent to an activating group) is 1. The first-order chi connectivity index (χ1) is 9.89. The number of alkyl halides is 3. The Morgan fingerprint density at radius 3 is 2.67 bits per heavy atom. The second kappa shape index (κ2) is 6.47. The van der Waals surface area contributed by atoms with Crippen molar-refractivity contribution in [3.05, 3.63) is 35.4 Å². The molecule has 0 radical (unpaired) electrons. The number of rotatable bonds is 3. The minimum absolute atomic E-state index is 0.0350. The number of hydrogen-bond acceptors (Lipinski definition) is 2. The standard InChI is InChI=1S/C15H19F3N2O/c1-20(14(21)13-8-4-5-9-19-13)10-11-6-2-3-7-12(11)15(16,17)18/h2-3,6-7,13,19H,4-5,8-10H2,1H3. The number of carbonyl (C=O) groups is 1. The molecule has 1 aromatic carbocycles. The van der Waals surface area contributed by atoms with E-state index in [1.807, 2.05) is 0 Å². The van der Waals surface area contributed by atoms with Gasteiger partial charge in [-0.25, -0.2) is 0 Å². The zero-order valence-electron chi connectivity index (χ0n) is 11.9. The minimum atomic E-state index is -4.40. The predicted molar refractivity (Wildman–Crippen MR) is 73.6 cm³/mol. The van der Waals surface area contributed by atoms with Crippen LogP contribution in [0.1, 0.15) is 30.4 Å². The molecule has 6 heteroatoms. The average molecular weight is 300 g/mol. The van der Waals surface area contributed by atoms with Crippen LogP contribution in [0.15, 0.2) is 24.3 Å². The maximum absolute atomic E-state index is 12.9. The quantitative estimate of drug-likeness (QED) is 0.931. The summed E-state index contributed by atoms with van der Waals surface area (Å²) in [6.45, 7) is 0.746. The number of hydrogen-bond donors (Lipinski definition) is 1. The summed E-state index contributed by atoms with van der Waals surface area (Å²) in [5.41, 5.74) is -0.557. The van der Waals surface area contributed by atoms with Crippen LogP contribution in [0.3, 0.4) is 0 Å². The fourth-order valence-electron chi connectivity index (χ4n) is 2.60. The van der Waals surface area contributed by atoms with Crippen molar-refractivity contribution in [2.45, 2.75) is 38.0 Å². The Morgan fingerprint density at radius 2 is 2.05 bits per heavy atom. The van der Waals surface area contributed by atoms with Gasteiger partial charge in [-0.15, -0.1) is 0 Å². The summed E-state index contributed by atoms with van der Waals surface area (Å²) in [5.74, 6) is -0.147. The van der Waals surface area contributed by atoms with Gasteiger partial charge in [0, 0.05) is 13.6 Å². The molecule has 1 aromatic rings. The van der Waals surface area contributed by atoms with E-state index in [0.717, 1.165) is 31.9 Å². The van der Waals surface area contributed by atoms with Crippen molar-refractivity contribution < 1.29 is 18.0 Å². The van der Waals surface area contributed by atoms with Gasteiger partial charge in [0.1, 0.15) is 0 Å². The molecule has 0 aliphatic carbocycles. The summed E-state index contributed by atoms with van der Waals surface area (Å²) < 4.78 is 38.8. The Bertz CT molecular complexity index is 496. The van der Waals surface area contributed by atoms with Crippen LogP contribution in [0.2, 0.25) is 0 Å². The predicted octanol–water partition coefficient (Wildman–Crippen LogP) is 2.81. The fourth-order valence-corrected chi connectivity index (χ4v) is 2.60. The Kier molecular flexibility index (Phi) is 4.88. The van der Waals surface area contributed by atoms with Crippen molar-refractivity contribution in [3.63, 3.8) is 0 Å². The number of amides is 1. The van der Waals surface area contributed by atoms with Gasteiger partial charge >= 0.3 is 6.18 Å². The van der Waals surface area contributed by atoms with Gasteiger partial charge in [-0.1, -0.05) is 24.6 Å². The summed E-state index contributed by atoms with van der Waals surface area (Å²) >= 11 is 0. The van der Waals surface area contributed by atoms with Gasteiger partial charge in [0.05, 0.1) is 11.6 Å². The third kappa shape index (κ3) is 3.97. The van der Waals surface area contributed by atoms with E-state index in [9.17, 15) is 18.0 Å². The zero-order chi connectivity index (χ0) is 15.5. The SMILES string of the molecule is CN(Cc1ccccc1C(F)(F)F)C(=O)C1CCCCN1. The summed E-state index contributed by atoms with van der Waals surface area (Å²) in [6, 6.07) is 5.10. The molecule has 1 unspecified atom stereocenters. The number of nitrogens with one attached hydrogen (secondary N) is 1. The highest BCUT2D eigenvalue weighted by molar-refractivity contribution is 5.81. The van der Waals surface area contributed by atoms with Crippen LogP contribution in [-0.2, 0) is 17.5 Å². The molecular formula is C15H19F3N2O. The molecule has 0 bridgehead atoms. The molecule has 1 atom stereocenters. The maximum atomic E-state index is 12.9. The highest BCUT2D eigenvalue weighted by Crippen LogP contribution is 2.32. The lowest BCUT2D eigenvalue weighted by Crippen LogP contribution is -2.47. The van der Waals surface area contributed by atoms with Crippen LogP contribution in [0.25, 0.3) is 0 Å². The third-order valence-corrected chi connectivity index (χ3v) is 3.71. The van der Waals surface area contributed by atoms with E-state index in [4.69, 9.17) is 0 Å². The first-order valence-electron chi connectivity index (χ1n) is 7.03. The number of carbonyl (C=O) groups excluding carboxylic acids is 1. The van der Waals surface area contributed by atoms with E-state index >= 15 is 0 Å². The molecule has 3 nitrogen and oxygen atoms in total. The molecule has 1 N–H and O–H groups in total. The Balaban J connectivity index is 2.09. The largest absolute Gasteiger partial charge is 0.416 e. The smallest absolute Gasteiger partial charge is 0.340 e. The summed E-state index contributed by atoms with van der Waals surface area (Å²) in [5, 5.41) is 3.12. The molecule has 1 aliphatic heterocycles. The first-order valence-corrected chi connectivity index (χ1v) is 7.03. The lowest BCUT2D eigenvalue weighted by molar-refractivity contribution is -0.140. The van der Waals surface area contributed by atoms with Crippen LogP contribution in [0.5, 0.6) is 0 Å². The lowest BCUT2D eigenvalue weighted by Gasteiger charge is -2.28. The summed E-state index contributed by atoms with van der Waals surface area (Å²) in [4.78, 5) is 13.6. The second-order valence-corrected chi connectivity index (χ2v) is 5.35. The normalized spacial score (nSPS) is 19.3. The molecule has 2 rings (SSSR count). The molecule has 1 saturated heterocycles. The van der Waals surface area contributed by atoms with Gasteiger partial charge in [0.15, 0.2) is 0 Å². The van der Waals surface area contributed by atoms with Crippen molar-refractivity contribution in [1.29, 1.82) is 0 Å². The minimum Gasteiger partial charge on any atom is -0.340 e. The third-order valence-electron chi connectivity index (χ3n) is 3.71. The van der Waals surface area contributed by atoms with Crippen LogP contribution in [-0.4, -0.2) is 30.4 Å². The Morgan fingerprint density at radius 1 is 1.33 bits per heavy atom. The fraction of sp³-hybridized carbons (Fsp3) is 0.533. The monoisotopic (exact) mass is 300 g/mol. The van der Waals surface area contributed by atoms with Gasteiger partial charge < -0.3 is 10.2 Å². The van der Waals surface area contributed by atoms with E-state index in [0.29, 0.717) is 0 Å². The number of piperidine rings is 1. The van der Waals surface area contributed by atoms with Crippen molar-refractivity contribution in [1.82, 2.24) is 10.2 Å². The molecule has 1 amide bonds. The van der Waals surface area contributed by atoms with Crippen molar-refractivity contribution in [3.8, 4) is 0 Å². The lowest BCUT2D eigenvalue weighted by atomic mass is 10.0. The van der Waals surface area contributed by atoms with Gasteiger partial charge in [-0.05, 0) is 31.0 Å². The number of nitrogens with zero attached hydrogens (tertiary/aromatic N) is 1. The van der Waals surface area contributed by atoms with E-state index in [-0.39, 0.29) is 24.1 Å². The summed E-state index contributed by atoms with van der Waals surface area (Å²) in [6.07, 6.45) is -1.66. The topological polar surface area (TPSA) is 32.3 Å². The number of halogens is 3. The van der Waals surface area contributed by atoms with Crippen molar-refractivity contribution in [2.75, 3.05) is 13.6 Å². The molecule has 21 heavy (non-hydrogen) atoms. The molecule has 0 saturated carbocycles. The van der Waals surface area contributed by atoms with Gasteiger partial charge in [0.25, 0.3) is 0 Å². The zero-order valence-corrected chi connectivity index (χ0v) is 11.9. The Labute approximate surface area is 122 Å². The van der Waals surface area contributed by atoms with Crippen molar-refractivity contribution in [2.24, 2.45) is 0 Å². The van der Waals surface area contributed by atoms with Gasteiger partial charge in [-0.2, -0.15) is 13.2 Å².